The van der Waals surface area contributed by atoms with Crippen molar-refractivity contribution in [3.8, 4) is 0 Å². The van der Waals surface area contributed by atoms with E-state index >= 15 is 0 Å². The summed E-state index contributed by atoms with van der Waals surface area (Å²) in [6.45, 7) is 5.38. The van der Waals surface area contributed by atoms with Crippen LogP contribution in [0.1, 0.15) is 57.7 Å². The van der Waals surface area contributed by atoms with Crippen molar-refractivity contribution in [2.45, 2.75) is 64.1 Å². The van der Waals surface area contributed by atoms with Crippen molar-refractivity contribution < 1.29 is 9.59 Å². The molecule has 1 aliphatic carbocycles. The second-order valence-electron chi connectivity index (χ2n) is 7.13. The number of amides is 3. The fraction of sp³-hybridized carbons (Fsp3) is 0.632. The summed E-state index contributed by atoms with van der Waals surface area (Å²) in [6.07, 6.45) is 7.06. The van der Waals surface area contributed by atoms with Crippen LogP contribution in [-0.4, -0.2) is 51.9 Å². The number of likely N-dealkylation sites (tertiary alicyclic amines) is 1. The summed E-state index contributed by atoms with van der Waals surface area (Å²) in [7, 11) is 0. The molecule has 0 radical (unpaired) electrons. The lowest BCUT2D eigenvalue weighted by molar-refractivity contribution is -0.133. The average molecular weight is 344 g/mol. The quantitative estimate of drug-likeness (QED) is 0.893. The maximum Gasteiger partial charge on any atom is 0.318 e. The Bertz CT molecular complexity index is 597. The molecule has 1 N–H and O–H groups in total. The molecule has 0 spiro atoms. The number of carbonyl (C=O) groups is 2. The Hall–Kier alpha value is -2.11. The number of rotatable bonds is 5. The molecule has 2 aliphatic rings. The van der Waals surface area contributed by atoms with Crippen LogP contribution in [0.2, 0.25) is 0 Å². The minimum Gasteiger partial charge on any atom is -0.341 e. The zero-order valence-corrected chi connectivity index (χ0v) is 15.1. The van der Waals surface area contributed by atoms with E-state index in [1.165, 1.54) is 6.42 Å². The SMILES string of the molecule is C[C@H](NC(=O)N(C1CC1)[C@H](C)c1ccccn1)C(=O)N1CCCCC1. The van der Waals surface area contributed by atoms with Gasteiger partial charge in [-0.25, -0.2) is 4.79 Å². The van der Waals surface area contributed by atoms with Crippen LogP contribution in [0.15, 0.2) is 24.4 Å². The van der Waals surface area contributed by atoms with Crippen LogP contribution >= 0.6 is 0 Å². The second kappa shape index (κ2) is 7.85. The van der Waals surface area contributed by atoms with Gasteiger partial charge in [-0.05, 0) is 58.1 Å². The Kier molecular flexibility index (Phi) is 5.56. The van der Waals surface area contributed by atoms with E-state index in [4.69, 9.17) is 0 Å². The number of hydrogen-bond acceptors (Lipinski definition) is 3. The van der Waals surface area contributed by atoms with Gasteiger partial charge in [-0.2, -0.15) is 0 Å². The van der Waals surface area contributed by atoms with Crippen molar-refractivity contribution >= 4 is 11.9 Å². The first-order valence-electron chi connectivity index (χ1n) is 9.36. The molecule has 1 aromatic heterocycles. The van der Waals surface area contributed by atoms with Crippen LogP contribution in [0.5, 0.6) is 0 Å². The van der Waals surface area contributed by atoms with E-state index < -0.39 is 6.04 Å². The van der Waals surface area contributed by atoms with Crippen LogP contribution in [0.3, 0.4) is 0 Å². The molecule has 0 aromatic carbocycles. The fourth-order valence-electron chi connectivity index (χ4n) is 3.49. The van der Waals surface area contributed by atoms with Crippen molar-refractivity contribution in [3.05, 3.63) is 30.1 Å². The van der Waals surface area contributed by atoms with Crippen molar-refractivity contribution in [1.29, 1.82) is 0 Å². The number of piperidine rings is 1. The number of carbonyl (C=O) groups excluding carboxylic acids is 2. The molecule has 0 unspecified atom stereocenters. The molecule has 3 rings (SSSR count). The lowest BCUT2D eigenvalue weighted by Gasteiger charge is -2.33. The summed E-state index contributed by atoms with van der Waals surface area (Å²) < 4.78 is 0. The molecule has 1 saturated carbocycles. The second-order valence-corrected chi connectivity index (χ2v) is 7.13. The Morgan fingerprint density at radius 1 is 1.20 bits per heavy atom. The maximum absolute atomic E-state index is 12.9. The van der Waals surface area contributed by atoms with Crippen LogP contribution < -0.4 is 5.32 Å². The monoisotopic (exact) mass is 344 g/mol. The van der Waals surface area contributed by atoms with Gasteiger partial charge < -0.3 is 15.1 Å². The third-order valence-corrected chi connectivity index (χ3v) is 5.09. The minimum absolute atomic E-state index is 0.0225. The van der Waals surface area contributed by atoms with Gasteiger partial charge in [0.1, 0.15) is 6.04 Å². The lowest BCUT2D eigenvalue weighted by Crippen LogP contribution is -2.52. The Morgan fingerprint density at radius 3 is 2.52 bits per heavy atom. The first-order valence-corrected chi connectivity index (χ1v) is 9.36. The summed E-state index contributed by atoms with van der Waals surface area (Å²) in [5, 5.41) is 2.92. The topological polar surface area (TPSA) is 65.5 Å². The maximum atomic E-state index is 12.9. The van der Waals surface area contributed by atoms with Gasteiger partial charge in [-0.1, -0.05) is 6.07 Å². The molecule has 25 heavy (non-hydrogen) atoms. The number of hydrogen-bond donors (Lipinski definition) is 1. The Morgan fingerprint density at radius 2 is 1.92 bits per heavy atom. The minimum atomic E-state index is -0.497. The summed E-state index contributed by atoms with van der Waals surface area (Å²) in [6, 6.07) is 5.22. The summed E-state index contributed by atoms with van der Waals surface area (Å²) in [4.78, 5) is 33.5. The summed E-state index contributed by atoms with van der Waals surface area (Å²) in [5.41, 5.74) is 0.875. The van der Waals surface area contributed by atoms with E-state index in [0.717, 1.165) is 44.5 Å². The van der Waals surface area contributed by atoms with E-state index in [-0.39, 0.29) is 24.0 Å². The van der Waals surface area contributed by atoms with Gasteiger partial charge in [0.05, 0.1) is 11.7 Å². The fourth-order valence-corrected chi connectivity index (χ4v) is 3.49. The number of nitrogens with zero attached hydrogens (tertiary/aromatic N) is 3. The molecule has 6 heteroatoms. The highest BCUT2D eigenvalue weighted by molar-refractivity contribution is 5.87. The van der Waals surface area contributed by atoms with Gasteiger partial charge in [0, 0.05) is 25.3 Å². The van der Waals surface area contributed by atoms with Crippen LogP contribution in [0.4, 0.5) is 4.79 Å². The van der Waals surface area contributed by atoms with E-state index in [9.17, 15) is 9.59 Å². The lowest BCUT2D eigenvalue weighted by atomic mass is 10.1. The number of pyridine rings is 1. The van der Waals surface area contributed by atoms with E-state index in [1.807, 2.05) is 34.9 Å². The van der Waals surface area contributed by atoms with E-state index in [0.29, 0.717) is 0 Å². The molecule has 2 fully saturated rings. The molecule has 0 bridgehead atoms. The molecule has 2 heterocycles. The van der Waals surface area contributed by atoms with Gasteiger partial charge in [0.2, 0.25) is 5.91 Å². The number of nitrogens with one attached hydrogen (secondary N) is 1. The summed E-state index contributed by atoms with van der Waals surface area (Å²) >= 11 is 0. The standard InChI is InChI=1S/C19H28N4O2/c1-14(18(24)22-12-6-3-7-13-22)21-19(25)23(16-9-10-16)15(2)17-8-4-5-11-20-17/h4-5,8,11,14-16H,3,6-7,9-10,12-13H2,1-2H3,(H,21,25)/t14-,15+/m0/s1. The third-order valence-electron chi connectivity index (χ3n) is 5.09. The molecule has 3 amide bonds. The molecular weight excluding hydrogens is 316 g/mol. The predicted molar refractivity (Wildman–Crippen MR) is 95.9 cm³/mol. The van der Waals surface area contributed by atoms with Crippen LogP contribution in [-0.2, 0) is 4.79 Å². The van der Waals surface area contributed by atoms with Crippen LogP contribution in [0, 0.1) is 0 Å². The summed E-state index contributed by atoms with van der Waals surface area (Å²) in [5.74, 6) is 0.0225. The predicted octanol–water partition coefficient (Wildman–Crippen LogP) is 2.72. The zero-order chi connectivity index (χ0) is 17.8. The largest absolute Gasteiger partial charge is 0.341 e. The first kappa shape index (κ1) is 17.7. The third kappa shape index (κ3) is 4.30. The average Bonchev–Trinajstić information content (AvgIpc) is 3.47. The smallest absolute Gasteiger partial charge is 0.318 e. The van der Waals surface area contributed by atoms with Gasteiger partial charge in [0.25, 0.3) is 0 Å². The Balaban J connectivity index is 1.63. The molecule has 1 aliphatic heterocycles. The number of aromatic nitrogens is 1. The molecule has 2 atom stereocenters. The van der Waals surface area contributed by atoms with E-state index in [1.54, 1.807) is 13.1 Å². The first-order chi connectivity index (χ1) is 12.1. The van der Waals surface area contributed by atoms with Crippen LogP contribution in [0.25, 0.3) is 0 Å². The molecular formula is C19H28N4O2. The van der Waals surface area contributed by atoms with E-state index in [2.05, 4.69) is 10.3 Å². The van der Waals surface area contributed by atoms with Gasteiger partial charge >= 0.3 is 6.03 Å². The van der Waals surface area contributed by atoms with Gasteiger partial charge in [-0.3, -0.25) is 9.78 Å². The molecule has 6 nitrogen and oxygen atoms in total. The zero-order valence-electron chi connectivity index (χ0n) is 15.1. The van der Waals surface area contributed by atoms with Gasteiger partial charge in [-0.15, -0.1) is 0 Å². The molecule has 136 valence electrons. The highest BCUT2D eigenvalue weighted by Gasteiger charge is 2.38. The number of urea groups is 1. The highest BCUT2D eigenvalue weighted by atomic mass is 16.2. The van der Waals surface area contributed by atoms with Crippen molar-refractivity contribution in [1.82, 2.24) is 20.1 Å². The van der Waals surface area contributed by atoms with Crippen molar-refractivity contribution in [3.63, 3.8) is 0 Å². The molecule has 1 saturated heterocycles. The van der Waals surface area contributed by atoms with Crippen molar-refractivity contribution in [2.24, 2.45) is 0 Å². The van der Waals surface area contributed by atoms with Gasteiger partial charge in [0.15, 0.2) is 0 Å². The highest BCUT2D eigenvalue weighted by Crippen LogP contribution is 2.33. The Labute approximate surface area is 149 Å². The normalized spacial score (nSPS) is 19.8. The van der Waals surface area contributed by atoms with Crippen molar-refractivity contribution in [2.75, 3.05) is 13.1 Å². The molecule has 1 aromatic rings.